The molecule has 8 bridgehead atoms. The number of esters is 1. The predicted molar refractivity (Wildman–Crippen MR) is 150 cm³/mol. The Bertz CT molecular complexity index is 1740. The van der Waals surface area contributed by atoms with Gasteiger partial charge in [0.15, 0.2) is 6.61 Å². The zero-order valence-corrected chi connectivity index (χ0v) is 21.1. The molecule has 0 atom stereocenters. The van der Waals surface area contributed by atoms with Crippen LogP contribution in [0.2, 0.25) is 0 Å². The summed E-state index contributed by atoms with van der Waals surface area (Å²) >= 11 is 0. The molecular formula is C31H26N4O3. The highest BCUT2D eigenvalue weighted by Gasteiger charge is 2.14. The maximum atomic E-state index is 11.8. The number of ether oxygens (including phenoxy) is 2. The molecule has 0 fully saturated rings. The number of hydrogen-bond acceptors (Lipinski definition) is 5. The summed E-state index contributed by atoms with van der Waals surface area (Å²) in [6, 6.07) is 23.9. The number of rotatable bonds is 5. The van der Waals surface area contributed by atoms with E-state index in [0.29, 0.717) is 5.75 Å². The van der Waals surface area contributed by atoms with Crippen molar-refractivity contribution in [1.82, 2.24) is 19.9 Å². The summed E-state index contributed by atoms with van der Waals surface area (Å²) in [7, 11) is 0. The standard InChI is InChI=1S/C31H26N4O3/c1-19(2)38-31(36)18-37-28-11-3-20(4-12-28)29-16-27-15-25-8-7-23(33-25)13-21-5-6-22(32-21)14-24-9-10-26(34-24)17-30(29)35-27/h3-17,19,32-33H,18H2,1-2H3. The van der Waals surface area contributed by atoms with E-state index in [0.717, 1.165) is 56.0 Å². The minimum Gasteiger partial charge on any atom is -0.482 e. The Morgan fingerprint density at radius 2 is 1.37 bits per heavy atom. The van der Waals surface area contributed by atoms with E-state index in [1.165, 1.54) is 0 Å². The SMILES string of the molecule is CC(C)OC(=O)COc1ccc(C2=Cc3cc4ccc(cc5ccc(cc6nc(cc2n3)C=C6)[nH]5)[nH]4)cc1. The molecule has 0 saturated carbocycles. The van der Waals surface area contributed by atoms with E-state index in [1.807, 2.05) is 86.7 Å². The van der Waals surface area contributed by atoms with Crippen molar-refractivity contribution < 1.29 is 14.3 Å². The van der Waals surface area contributed by atoms with Crippen molar-refractivity contribution >= 4 is 51.8 Å². The van der Waals surface area contributed by atoms with Gasteiger partial charge in [-0.1, -0.05) is 12.1 Å². The van der Waals surface area contributed by atoms with E-state index in [2.05, 4.69) is 28.2 Å². The maximum Gasteiger partial charge on any atom is 0.344 e. The summed E-state index contributed by atoms with van der Waals surface area (Å²) in [6.07, 6.45) is 5.88. The fraction of sp³-hybridized carbons (Fsp3) is 0.129. The number of aromatic nitrogens is 4. The number of nitrogens with zero attached hydrogens (tertiary/aromatic N) is 2. The molecule has 188 valence electrons. The topological polar surface area (TPSA) is 92.9 Å². The lowest BCUT2D eigenvalue weighted by atomic mass is 10.0. The molecule has 6 rings (SSSR count). The van der Waals surface area contributed by atoms with Crippen LogP contribution in [0.15, 0.2) is 72.8 Å². The van der Waals surface area contributed by atoms with Gasteiger partial charge in [-0.2, -0.15) is 0 Å². The van der Waals surface area contributed by atoms with E-state index in [1.54, 1.807) is 0 Å². The minimum atomic E-state index is -0.391. The van der Waals surface area contributed by atoms with Crippen LogP contribution in [-0.4, -0.2) is 38.6 Å². The lowest BCUT2D eigenvalue weighted by Gasteiger charge is -2.10. The average Bonchev–Trinajstić information content (AvgIpc) is 3.68. The van der Waals surface area contributed by atoms with Crippen LogP contribution in [0.4, 0.5) is 0 Å². The van der Waals surface area contributed by atoms with Gasteiger partial charge in [0.2, 0.25) is 0 Å². The number of benzene rings is 1. The lowest BCUT2D eigenvalue weighted by molar-refractivity contribution is -0.149. The summed E-state index contributed by atoms with van der Waals surface area (Å²) in [5, 5.41) is 0. The molecule has 5 heterocycles. The first-order valence-electron chi connectivity index (χ1n) is 12.5. The fourth-order valence-electron chi connectivity index (χ4n) is 4.42. The average molecular weight is 503 g/mol. The van der Waals surface area contributed by atoms with Gasteiger partial charge < -0.3 is 19.4 Å². The summed E-state index contributed by atoms with van der Waals surface area (Å²) in [5.74, 6) is 0.203. The normalized spacial score (nSPS) is 12.4. The van der Waals surface area contributed by atoms with Crippen molar-refractivity contribution in [2.24, 2.45) is 0 Å². The monoisotopic (exact) mass is 502 g/mol. The molecule has 2 N–H and O–H groups in total. The van der Waals surface area contributed by atoms with Gasteiger partial charge in [-0.15, -0.1) is 0 Å². The molecule has 0 aliphatic carbocycles. The first kappa shape index (κ1) is 23.5. The highest BCUT2D eigenvalue weighted by atomic mass is 16.6. The molecule has 2 aliphatic heterocycles. The second kappa shape index (κ2) is 9.86. The van der Waals surface area contributed by atoms with Gasteiger partial charge >= 0.3 is 5.97 Å². The molecule has 0 radical (unpaired) electrons. The Balaban J connectivity index is 1.39. The molecule has 0 spiro atoms. The van der Waals surface area contributed by atoms with Gasteiger partial charge in [0.1, 0.15) is 5.75 Å². The minimum absolute atomic E-state index is 0.130. The molecule has 2 aliphatic rings. The highest BCUT2D eigenvalue weighted by Crippen LogP contribution is 2.30. The third-order valence-corrected chi connectivity index (χ3v) is 6.05. The van der Waals surface area contributed by atoms with Crippen molar-refractivity contribution in [2.75, 3.05) is 6.61 Å². The molecule has 0 amide bonds. The number of H-pyrrole nitrogens is 2. The van der Waals surface area contributed by atoms with Crippen LogP contribution in [0.25, 0.3) is 45.9 Å². The van der Waals surface area contributed by atoms with Crippen molar-refractivity contribution in [3.8, 4) is 5.75 Å². The van der Waals surface area contributed by atoms with Gasteiger partial charge in [0.05, 0.1) is 28.9 Å². The van der Waals surface area contributed by atoms with E-state index in [4.69, 9.17) is 19.4 Å². The zero-order valence-electron chi connectivity index (χ0n) is 21.1. The molecule has 38 heavy (non-hydrogen) atoms. The van der Waals surface area contributed by atoms with Crippen LogP contribution in [-0.2, 0) is 9.53 Å². The molecule has 7 nitrogen and oxygen atoms in total. The number of aromatic amines is 2. The smallest absolute Gasteiger partial charge is 0.344 e. The zero-order chi connectivity index (χ0) is 26.1. The number of nitrogens with one attached hydrogen (secondary N) is 2. The second-order valence-electron chi connectivity index (χ2n) is 9.44. The Morgan fingerprint density at radius 1 is 0.763 bits per heavy atom. The van der Waals surface area contributed by atoms with E-state index in [-0.39, 0.29) is 12.7 Å². The predicted octanol–water partition coefficient (Wildman–Crippen LogP) is 6.40. The first-order valence-corrected chi connectivity index (χ1v) is 12.5. The summed E-state index contributed by atoms with van der Waals surface area (Å²) in [6.45, 7) is 3.49. The first-order chi connectivity index (χ1) is 18.5. The maximum absolute atomic E-state index is 11.8. The fourth-order valence-corrected chi connectivity index (χ4v) is 4.42. The number of carbonyl (C=O) groups excluding carboxylic acids is 1. The summed E-state index contributed by atoms with van der Waals surface area (Å²) < 4.78 is 10.7. The summed E-state index contributed by atoms with van der Waals surface area (Å²) in [5.41, 5.74) is 9.28. The Morgan fingerprint density at radius 3 is 2.03 bits per heavy atom. The third-order valence-electron chi connectivity index (χ3n) is 6.05. The van der Waals surface area contributed by atoms with E-state index >= 15 is 0 Å². The number of carbonyl (C=O) groups is 1. The molecule has 0 unspecified atom stereocenters. The van der Waals surface area contributed by atoms with E-state index < -0.39 is 5.97 Å². The van der Waals surface area contributed by atoms with Crippen LogP contribution in [0.3, 0.4) is 0 Å². The van der Waals surface area contributed by atoms with Crippen molar-refractivity contribution in [3.63, 3.8) is 0 Å². The molecule has 1 aromatic carbocycles. The van der Waals surface area contributed by atoms with Crippen molar-refractivity contribution in [1.29, 1.82) is 0 Å². The molecule has 4 aromatic rings. The molecular weight excluding hydrogens is 476 g/mol. The van der Waals surface area contributed by atoms with E-state index in [9.17, 15) is 4.79 Å². The lowest BCUT2D eigenvalue weighted by Crippen LogP contribution is -2.18. The van der Waals surface area contributed by atoms with Crippen molar-refractivity contribution in [2.45, 2.75) is 20.0 Å². The number of fused-ring (bicyclic) bond motifs is 8. The molecule has 0 saturated heterocycles. The number of hydrogen-bond donors (Lipinski definition) is 2. The van der Waals surface area contributed by atoms with Crippen LogP contribution in [0, 0.1) is 0 Å². The van der Waals surface area contributed by atoms with Crippen LogP contribution < -0.4 is 4.74 Å². The van der Waals surface area contributed by atoms with Crippen LogP contribution in [0.5, 0.6) is 5.75 Å². The highest BCUT2D eigenvalue weighted by molar-refractivity contribution is 5.93. The Hall–Kier alpha value is -4.91. The summed E-state index contributed by atoms with van der Waals surface area (Å²) in [4.78, 5) is 28.3. The third kappa shape index (κ3) is 5.27. The van der Waals surface area contributed by atoms with Gasteiger partial charge in [0, 0.05) is 27.6 Å². The van der Waals surface area contributed by atoms with Crippen LogP contribution in [0.1, 0.15) is 42.2 Å². The second-order valence-corrected chi connectivity index (χ2v) is 9.44. The largest absolute Gasteiger partial charge is 0.482 e. The van der Waals surface area contributed by atoms with Crippen LogP contribution >= 0.6 is 0 Å². The molecule has 3 aromatic heterocycles. The quantitative estimate of drug-likeness (QED) is 0.266. The van der Waals surface area contributed by atoms with Gasteiger partial charge in [-0.3, -0.25) is 0 Å². The Labute approximate surface area is 219 Å². The van der Waals surface area contributed by atoms with Gasteiger partial charge in [-0.05, 0) is 98.3 Å². The van der Waals surface area contributed by atoms with Gasteiger partial charge in [-0.25, -0.2) is 14.8 Å². The Kier molecular flexibility index (Phi) is 6.09. The van der Waals surface area contributed by atoms with Crippen molar-refractivity contribution in [3.05, 3.63) is 101 Å². The molecule has 7 heteroatoms. The van der Waals surface area contributed by atoms with Gasteiger partial charge in [0.25, 0.3) is 0 Å².